The van der Waals surface area contributed by atoms with Crippen LogP contribution in [0.25, 0.3) is 38.2 Å². The number of methoxy groups -OCH3 is 1. The Hall–Kier alpha value is -3.85. The van der Waals surface area contributed by atoms with Crippen LogP contribution >= 0.6 is 32.2 Å². The SMILES string of the molecule is CC[C@@H](c1cc2scc(Cl)n2c(=O)c1-c1cccc(P)c1)n1nc(-c2ccc(OC)c(F)c2)c2c(N)ncnc21. The maximum atomic E-state index is 14.7. The van der Waals surface area contributed by atoms with Gasteiger partial charge in [0.2, 0.25) is 0 Å². The van der Waals surface area contributed by atoms with Gasteiger partial charge in [0.15, 0.2) is 17.2 Å². The van der Waals surface area contributed by atoms with Crippen LogP contribution in [0.3, 0.4) is 0 Å². The predicted octanol–water partition coefficient (Wildman–Crippen LogP) is 5.72. The monoisotopic (exact) mass is 592 g/mol. The molecule has 4 aromatic heterocycles. The van der Waals surface area contributed by atoms with Gasteiger partial charge in [-0.05, 0) is 53.2 Å². The first kappa shape index (κ1) is 26.4. The van der Waals surface area contributed by atoms with Gasteiger partial charge in [0.25, 0.3) is 5.56 Å². The van der Waals surface area contributed by atoms with Crippen LogP contribution < -0.4 is 21.3 Å². The lowest BCUT2D eigenvalue weighted by Gasteiger charge is -2.21. The van der Waals surface area contributed by atoms with Crippen molar-refractivity contribution < 1.29 is 9.13 Å². The van der Waals surface area contributed by atoms with E-state index in [1.165, 1.54) is 41.3 Å². The molecule has 0 saturated carbocycles. The number of halogens is 2. The highest BCUT2D eigenvalue weighted by atomic mass is 35.5. The summed E-state index contributed by atoms with van der Waals surface area (Å²) in [5, 5.41) is 8.45. The zero-order valence-electron chi connectivity index (χ0n) is 21.4. The molecule has 0 amide bonds. The average Bonchev–Trinajstić information content (AvgIpc) is 3.51. The Morgan fingerprint density at radius 1 is 1.18 bits per heavy atom. The van der Waals surface area contributed by atoms with Crippen LogP contribution in [0.2, 0.25) is 5.15 Å². The summed E-state index contributed by atoms with van der Waals surface area (Å²) < 4.78 is 23.1. The fourth-order valence-electron chi connectivity index (χ4n) is 5.06. The van der Waals surface area contributed by atoms with Crippen LogP contribution in [-0.4, -0.2) is 31.3 Å². The molecule has 0 saturated heterocycles. The number of rotatable bonds is 6. The number of pyridine rings is 1. The summed E-state index contributed by atoms with van der Waals surface area (Å²) in [4.78, 5) is 23.4. The van der Waals surface area contributed by atoms with E-state index in [4.69, 9.17) is 27.2 Å². The van der Waals surface area contributed by atoms with Gasteiger partial charge in [-0.15, -0.1) is 20.6 Å². The Bertz CT molecular complexity index is 1990. The molecule has 40 heavy (non-hydrogen) atoms. The molecule has 1 unspecified atom stereocenters. The van der Waals surface area contributed by atoms with Crippen LogP contribution in [0.4, 0.5) is 10.2 Å². The van der Waals surface area contributed by atoms with Crippen LogP contribution in [0, 0.1) is 5.82 Å². The van der Waals surface area contributed by atoms with E-state index in [2.05, 4.69) is 19.2 Å². The molecule has 0 radical (unpaired) electrons. The van der Waals surface area contributed by atoms with E-state index in [9.17, 15) is 9.18 Å². The first-order chi connectivity index (χ1) is 19.3. The standard InChI is InChI=1S/C28H23ClFN6O2PS/c1-3-19(17-11-22-35(21(29)12-40-22)28(37)23(17)14-5-4-6-16(39)9-14)36-27-24(26(31)32-13-33-27)25(34-36)15-7-8-20(38-2)18(30)10-15/h4-13,19H,3,39H2,1-2H3,(H2,31,32,33)/t19-/m0/s1. The minimum absolute atomic E-state index is 0.118. The molecule has 0 aliphatic carbocycles. The maximum Gasteiger partial charge on any atom is 0.265 e. The van der Waals surface area contributed by atoms with Crippen molar-refractivity contribution in [1.29, 1.82) is 0 Å². The number of thiazole rings is 1. The topological polar surface area (TPSA) is 100 Å². The summed E-state index contributed by atoms with van der Waals surface area (Å²) in [6.45, 7) is 2.01. The molecular weight excluding hydrogens is 570 g/mol. The third kappa shape index (κ3) is 4.23. The van der Waals surface area contributed by atoms with Gasteiger partial charge in [0.1, 0.15) is 27.8 Å². The molecule has 2 aromatic carbocycles. The molecule has 202 valence electrons. The molecule has 12 heteroatoms. The van der Waals surface area contributed by atoms with E-state index in [-0.39, 0.29) is 17.1 Å². The second kappa shape index (κ2) is 10.3. The molecule has 0 aliphatic heterocycles. The molecule has 0 bridgehead atoms. The van der Waals surface area contributed by atoms with Crippen molar-refractivity contribution in [2.75, 3.05) is 12.8 Å². The molecule has 0 spiro atoms. The Balaban J connectivity index is 1.65. The number of aromatic nitrogens is 5. The highest BCUT2D eigenvalue weighted by Gasteiger charge is 2.27. The molecule has 8 nitrogen and oxygen atoms in total. The maximum absolute atomic E-state index is 14.7. The van der Waals surface area contributed by atoms with Gasteiger partial charge in [-0.2, -0.15) is 5.10 Å². The Kier molecular flexibility index (Phi) is 6.78. The van der Waals surface area contributed by atoms with Crippen molar-refractivity contribution in [3.63, 3.8) is 0 Å². The fourth-order valence-corrected chi connectivity index (χ4v) is 6.50. The lowest BCUT2D eigenvalue weighted by atomic mass is 9.95. The molecule has 2 atom stereocenters. The third-order valence-corrected chi connectivity index (χ3v) is 8.50. The lowest BCUT2D eigenvalue weighted by Crippen LogP contribution is -2.22. The van der Waals surface area contributed by atoms with E-state index < -0.39 is 11.9 Å². The van der Waals surface area contributed by atoms with E-state index in [0.29, 0.717) is 44.3 Å². The van der Waals surface area contributed by atoms with Gasteiger partial charge in [0.05, 0.1) is 24.1 Å². The number of fused-ring (bicyclic) bond motifs is 2. The number of hydrogen-bond acceptors (Lipinski definition) is 7. The van der Waals surface area contributed by atoms with Gasteiger partial charge >= 0.3 is 0 Å². The first-order valence-corrected chi connectivity index (χ1v) is 14.2. The van der Waals surface area contributed by atoms with Crippen molar-refractivity contribution in [3.05, 3.63) is 87.1 Å². The molecular formula is C28H23ClFN6O2PS. The van der Waals surface area contributed by atoms with Crippen molar-refractivity contribution in [1.82, 2.24) is 24.1 Å². The smallest absolute Gasteiger partial charge is 0.265 e. The molecule has 6 rings (SSSR count). The van der Waals surface area contributed by atoms with Crippen molar-refractivity contribution >= 4 is 59.2 Å². The number of anilines is 1. The van der Waals surface area contributed by atoms with E-state index in [1.54, 1.807) is 16.1 Å². The summed E-state index contributed by atoms with van der Waals surface area (Å²) in [6.07, 6.45) is 1.94. The minimum atomic E-state index is -0.530. The second-order valence-electron chi connectivity index (χ2n) is 9.16. The Morgan fingerprint density at radius 2 is 2.00 bits per heavy atom. The zero-order valence-corrected chi connectivity index (χ0v) is 24.2. The van der Waals surface area contributed by atoms with E-state index in [0.717, 1.165) is 16.4 Å². The number of benzene rings is 2. The van der Waals surface area contributed by atoms with Gasteiger partial charge in [0, 0.05) is 10.9 Å². The summed E-state index contributed by atoms with van der Waals surface area (Å²) in [6, 6.07) is 13.8. The van der Waals surface area contributed by atoms with Crippen LogP contribution in [0.1, 0.15) is 24.9 Å². The summed E-state index contributed by atoms with van der Waals surface area (Å²) in [7, 11) is 4.08. The van der Waals surface area contributed by atoms with Crippen molar-refractivity contribution in [2.45, 2.75) is 19.4 Å². The highest BCUT2D eigenvalue weighted by molar-refractivity contribution is 7.27. The van der Waals surface area contributed by atoms with Crippen LogP contribution in [0.5, 0.6) is 5.75 Å². The second-order valence-corrected chi connectivity index (χ2v) is 11.1. The largest absolute Gasteiger partial charge is 0.494 e. The van der Waals surface area contributed by atoms with E-state index >= 15 is 0 Å². The fraction of sp³-hybridized carbons (Fsp3) is 0.143. The minimum Gasteiger partial charge on any atom is -0.494 e. The predicted molar refractivity (Wildman–Crippen MR) is 161 cm³/mol. The number of nitrogen functional groups attached to an aromatic ring is 1. The summed E-state index contributed by atoms with van der Waals surface area (Å²) in [5.41, 5.74) is 9.53. The summed E-state index contributed by atoms with van der Waals surface area (Å²) in [5.74, 6) is -0.195. The van der Waals surface area contributed by atoms with Crippen molar-refractivity contribution in [2.24, 2.45) is 0 Å². The van der Waals surface area contributed by atoms with Gasteiger partial charge in [-0.25, -0.2) is 19.0 Å². The van der Waals surface area contributed by atoms with Crippen LogP contribution in [-0.2, 0) is 0 Å². The number of nitrogens with zero attached hydrogens (tertiary/aromatic N) is 5. The zero-order chi connectivity index (χ0) is 28.1. The number of ether oxygens (including phenoxy) is 1. The quantitative estimate of drug-likeness (QED) is 0.248. The molecule has 2 N–H and O–H groups in total. The Morgan fingerprint density at radius 3 is 2.73 bits per heavy atom. The number of nitrogens with two attached hydrogens (primary N) is 1. The van der Waals surface area contributed by atoms with E-state index in [1.807, 2.05) is 37.3 Å². The third-order valence-electron chi connectivity index (χ3n) is 6.86. The average molecular weight is 593 g/mol. The molecule has 0 fully saturated rings. The molecule has 0 aliphatic rings. The summed E-state index contributed by atoms with van der Waals surface area (Å²) >= 11 is 7.82. The molecule has 4 heterocycles. The normalized spacial score (nSPS) is 12.3. The van der Waals surface area contributed by atoms with Crippen molar-refractivity contribution in [3.8, 4) is 28.1 Å². The first-order valence-electron chi connectivity index (χ1n) is 12.3. The van der Waals surface area contributed by atoms with Crippen LogP contribution in [0.15, 0.2) is 65.0 Å². The lowest BCUT2D eigenvalue weighted by molar-refractivity contribution is 0.386. The highest BCUT2D eigenvalue weighted by Crippen LogP contribution is 2.38. The van der Waals surface area contributed by atoms with Gasteiger partial charge < -0.3 is 10.5 Å². The van der Waals surface area contributed by atoms with Gasteiger partial charge in [-0.1, -0.05) is 36.7 Å². The number of hydrogen-bond donors (Lipinski definition) is 1. The van der Waals surface area contributed by atoms with Gasteiger partial charge in [-0.3, -0.25) is 9.20 Å². The molecule has 6 aromatic rings. The Labute approximate surface area is 239 Å².